The number of nitriles is 1. The molecule has 74 valence electrons. The quantitative estimate of drug-likeness (QED) is 0.777. The number of benzene rings is 1. The predicted molar refractivity (Wildman–Crippen MR) is 56.2 cm³/mol. The van der Waals surface area contributed by atoms with Crippen molar-refractivity contribution in [3.05, 3.63) is 28.8 Å². The first-order valence-corrected chi connectivity index (χ1v) is 4.76. The minimum absolute atomic E-state index is 0.276. The predicted octanol–water partition coefficient (Wildman–Crippen LogP) is 2.89. The van der Waals surface area contributed by atoms with Crippen LogP contribution in [0, 0.1) is 18.3 Å². The third kappa shape index (κ3) is 1.88. The van der Waals surface area contributed by atoms with Crippen LogP contribution in [-0.4, -0.2) is 5.11 Å². The highest BCUT2D eigenvalue weighted by Gasteiger charge is 2.11. The van der Waals surface area contributed by atoms with Crippen molar-refractivity contribution in [3.8, 4) is 11.8 Å². The molecule has 0 unspecified atom stereocenters. The van der Waals surface area contributed by atoms with Crippen molar-refractivity contribution >= 4 is 0 Å². The molecule has 2 nitrogen and oxygen atoms in total. The molecule has 0 heterocycles. The van der Waals surface area contributed by atoms with Crippen LogP contribution < -0.4 is 0 Å². The third-order valence-electron chi connectivity index (χ3n) is 2.43. The van der Waals surface area contributed by atoms with Crippen LogP contribution in [0.25, 0.3) is 0 Å². The van der Waals surface area contributed by atoms with E-state index in [1.165, 1.54) is 0 Å². The second-order valence-corrected chi connectivity index (χ2v) is 3.79. The lowest BCUT2D eigenvalue weighted by Crippen LogP contribution is -1.95. The Labute approximate surface area is 84.8 Å². The molecule has 0 saturated carbocycles. The van der Waals surface area contributed by atoms with E-state index in [4.69, 9.17) is 5.26 Å². The number of rotatable bonds is 2. The van der Waals surface area contributed by atoms with E-state index >= 15 is 0 Å². The van der Waals surface area contributed by atoms with Gasteiger partial charge in [-0.3, -0.25) is 0 Å². The summed E-state index contributed by atoms with van der Waals surface area (Å²) < 4.78 is 0. The monoisotopic (exact) mass is 189 g/mol. The zero-order valence-electron chi connectivity index (χ0n) is 8.83. The summed E-state index contributed by atoms with van der Waals surface area (Å²) in [5, 5.41) is 18.6. The van der Waals surface area contributed by atoms with Gasteiger partial charge in [0.05, 0.1) is 12.5 Å². The van der Waals surface area contributed by atoms with Gasteiger partial charge in [-0.15, -0.1) is 0 Å². The molecule has 0 atom stereocenters. The van der Waals surface area contributed by atoms with Gasteiger partial charge in [0, 0.05) is 5.56 Å². The zero-order chi connectivity index (χ0) is 10.7. The van der Waals surface area contributed by atoms with Gasteiger partial charge in [-0.2, -0.15) is 5.26 Å². The van der Waals surface area contributed by atoms with Crippen LogP contribution >= 0.6 is 0 Å². The molecule has 0 bridgehead atoms. The Morgan fingerprint density at radius 3 is 2.57 bits per heavy atom. The maximum absolute atomic E-state index is 9.92. The van der Waals surface area contributed by atoms with Crippen LogP contribution in [-0.2, 0) is 6.42 Å². The van der Waals surface area contributed by atoms with Crippen molar-refractivity contribution in [3.63, 3.8) is 0 Å². The van der Waals surface area contributed by atoms with Gasteiger partial charge >= 0.3 is 0 Å². The number of hydrogen-bond acceptors (Lipinski definition) is 2. The van der Waals surface area contributed by atoms with Crippen LogP contribution in [0.1, 0.15) is 36.5 Å². The normalized spacial score (nSPS) is 10.2. The van der Waals surface area contributed by atoms with E-state index in [2.05, 4.69) is 6.07 Å². The molecule has 0 aliphatic carbocycles. The number of aryl methyl sites for hydroxylation is 1. The van der Waals surface area contributed by atoms with Crippen molar-refractivity contribution in [2.24, 2.45) is 0 Å². The van der Waals surface area contributed by atoms with Crippen molar-refractivity contribution in [1.29, 1.82) is 5.26 Å². The lowest BCUT2D eigenvalue weighted by atomic mass is 9.95. The third-order valence-corrected chi connectivity index (χ3v) is 2.43. The molecule has 0 aliphatic heterocycles. The van der Waals surface area contributed by atoms with Crippen molar-refractivity contribution in [2.45, 2.75) is 33.1 Å². The SMILES string of the molecule is Cc1ccc(C(C)C)c(O)c1CC#N. The summed E-state index contributed by atoms with van der Waals surface area (Å²) in [5.41, 5.74) is 2.66. The minimum atomic E-state index is 0.276. The Bertz CT molecular complexity index is 375. The number of phenolic OH excluding ortho intramolecular Hbond substituents is 1. The largest absolute Gasteiger partial charge is 0.507 e. The maximum Gasteiger partial charge on any atom is 0.123 e. The average molecular weight is 189 g/mol. The summed E-state index contributed by atoms with van der Waals surface area (Å²) in [4.78, 5) is 0. The standard InChI is InChI=1S/C12H15NO/c1-8(2)10-5-4-9(3)11(6-7-13)12(10)14/h4-5,8,14H,6H2,1-3H3. The van der Waals surface area contributed by atoms with E-state index in [-0.39, 0.29) is 12.3 Å². The molecular weight excluding hydrogens is 174 g/mol. The van der Waals surface area contributed by atoms with E-state index in [0.29, 0.717) is 5.75 Å². The van der Waals surface area contributed by atoms with E-state index in [9.17, 15) is 5.11 Å². The molecule has 0 aliphatic rings. The van der Waals surface area contributed by atoms with Gasteiger partial charge in [0.1, 0.15) is 5.75 Å². The lowest BCUT2D eigenvalue weighted by Gasteiger charge is -2.12. The zero-order valence-corrected chi connectivity index (χ0v) is 8.83. The second-order valence-electron chi connectivity index (χ2n) is 3.79. The van der Waals surface area contributed by atoms with E-state index in [1.54, 1.807) is 0 Å². The van der Waals surface area contributed by atoms with Gasteiger partial charge in [0.25, 0.3) is 0 Å². The number of nitrogens with zero attached hydrogens (tertiary/aromatic N) is 1. The molecule has 0 amide bonds. The topological polar surface area (TPSA) is 44.0 Å². The molecule has 0 fully saturated rings. The summed E-state index contributed by atoms with van der Waals surface area (Å²) in [6.07, 6.45) is 0.276. The number of hydrogen-bond donors (Lipinski definition) is 1. The van der Waals surface area contributed by atoms with Gasteiger partial charge < -0.3 is 5.11 Å². The van der Waals surface area contributed by atoms with Crippen LogP contribution in [0.2, 0.25) is 0 Å². The highest BCUT2D eigenvalue weighted by molar-refractivity contribution is 5.47. The van der Waals surface area contributed by atoms with Crippen LogP contribution in [0.4, 0.5) is 0 Å². The van der Waals surface area contributed by atoms with Crippen LogP contribution in [0.5, 0.6) is 5.75 Å². The fourth-order valence-electron chi connectivity index (χ4n) is 1.52. The Morgan fingerprint density at radius 1 is 1.43 bits per heavy atom. The highest BCUT2D eigenvalue weighted by atomic mass is 16.3. The summed E-state index contributed by atoms with van der Waals surface area (Å²) >= 11 is 0. The Hall–Kier alpha value is -1.49. The molecule has 0 spiro atoms. The molecule has 2 heteroatoms. The minimum Gasteiger partial charge on any atom is -0.507 e. The summed E-state index contributed by atoms with van der Waals surface area (Å²) in [6, 6.07) is 5.96. The highest BCUT2D eigenvalue weighted by Crippen LogP contribution is 2.31. The maximum atomic E-state index is 9.92. The molecule has 0 saturated heterocycles. The molecule has 1 aromatic carbocycles. The van der Waals surface area contributed by atoms with E-state index in [1.807, 2.05) is 32.9 Å². The van der Waals surface area contributed by atoms with Crippen molar-refractivity contribution in [1.82, 2.24) is 0 Å². The van der Waals surface area contributed by atoms with E-state index in [0.717, 1.165) is 16.7 Å². The van der Waals surface area contributed by atoms with Crippen molar-refractivity contribution in [2.75, 3.05) is 0 Å². The summed E-state index contributed by atoms with van der Waals surface area (Å²) in [6.45, 7) is 5.97. The van der Waals surface area contributed by atoms with Gasteiger partial charge in [-0.05, 0) is 24.0 Å². The first-order valence-electron chi connectivity index (χ1n) is 4.76. The second kappa shape index (κ2) is 4.15. The van der Waals surface area contributed by atoms with Crippen LogP contribution in [0.3, 0.4) is 0 Å². The first-order chi connectivity index (χ1) is 6.57. The molecule has 1 N–H and O–H groups in total. The Kier molecular flexibility index (Phi) is 3.14. The Balaban J connectivity index is 3.27. The fraction of sp³-hybridized carbons (Fsp3) is 0.417. The molecule has 1 aromatic rings. The lowest BCUT2D eigenvalue weighted by molar-refractivity contribution is 0.459. The molecule has 1 rings (SSSR count). The Morgan fingerprint density at radius 2 is 2.07 bits per heavy atom. The van der Waals surface area contributed by atoms with Gasteiger partial charge in [-0.25, -0.2) is 0 Å². The molecule has 0 aromatic heterocycles. The number of phenols is 1. The molecular formula is C12H15NO. The summed E-state index contributed by atoms with van der Waals surface area (Å²) in [7, 11) is 0. The first kappa shape index (κ1) is 10.6. The number of aromatic hydroxyl groups is 1. The van der Waals surface area contributed by atoms with Gasteiger partial charge in [0.15, 0.2) is 0 Å². The molecule has 14 heavy (non-hydrogen) atoms. The fourth-order valence-corrected chi connectivity index (χ4v) is 1.52. The average Bonchev–Trinajstić information content (AvgIpc) is 2.11. The van der Waals surface area contributed by atoms with Gasteiger partial charge in [-0.1, -0.05) is 26.0 Å². The van der Waals surface area contributed by atoms with Gasteiger partial charge in [0.2, 0.25) is 0 Å². The molecule has 0 radical (unpaired) electrons. The van der Waals surface area contributed by atoms with E-state index < -0.39 is 0 Å². The van der Waals surface area contributed by atoms with Crippen molar-refractivity contribution < 1.29 is 5.11 Å². The summed E-state index contributed by atoms with van der Waals surface area (Å²) in [5.74, 6) is 0.578. The smallest absolute Gasteiger partial charge is 0.123 e. The van der Waals surface area contributed by atoms with Crippen LogP contribution in [0.15, 0.2) is 12.1 Å².